The van der Waals surface area contributed by atoms with Gasteiger partial charge in [0, 0.05) is 30.6 Å². The summed E-state index contributed by atoms with van der Waals surface area (Å²) < 4.78 is 17.1. The summed E-state index contributed by atoms with van der Waals surface area (Å²) in [7, 11) is 1.76. The molecule has 1 saturated heterocycles. The molecule has 1 aromatic heterocycles. The maximum absolute atomic E-state index is 5.93. The fourth-order valence-corrected chi connectivity index (χ4v) is 2.95. The molecular formula is C19H28IN3O3. The van der Waals surface area contributed by atoms with Gasteiger partial charge in [-0.25, -0.2) is 0 Å². The highest BCUT2D eigenvalue weighted by molar-refractivity contribution is 14.0. The predicted molar refractivity (Wildman–Crippen MR) is 114 cm³/mol. The van der Waals surface area contributed by atoms with Gasteiger partial charge in [0.2, 0.25) is 0 Å². The van der Waals surface area contributed by atoms with Gasteiger partial charge in [-0.1, -0.05) is 18.2 Å². The Labute approximate surface area is 171 Å². The molecule has 0 bridgehead atoms. The molecule has 1 aliphatic rings. The van der Waals surface area contributed by atoms with Gasteiger partial charge in [-0.05, 0) is 26.3 Å². The van der Waals surface area contributed by atoms with Gasteiger partial charge in [0.25, 0.3) is 0 Å². The van der Waals surface area contributed by atoms with Crippen molar-refractivity contribution >= 4 is 40.9 Å². The van der Waals surface area contributed by atoms with E-state index in [1.165, 1.54) is 0 Å². The number of hydrogen-bond donors (Lipinski definition) is 2. The Morgan fingerprint density at radius 1 is 1.38 bits per heavy atom. The predicted octanol–water partition coefficient (Wildman–Crippen LogP) is 3.22. The van der Waals surface area contributed by atoms with Crippen LogP contribution in [0.2, 0.25) is 0 Å². The van der Waals surface area contributed by atoms with E-state index in [0.29, 0.717) is 19.8 Å². The number of benzene rings is 1. The number of nitrogens with one attached hydrogen (secondary N) is 2. The molecule has 2 aromatic rings. The highest BCUT2D eigenvalue weighted by atomic mass is 127. The van der Waals surface area contributed by atoms with Crippen molar-refractivity contribution in [3.8, 4) is 0 Å². The summed E-state index contributed by atoms with van der Waals surface area (Å²) in [4.78, 5) is 4.28. The van der Waals surface area contributed by atoms with E-state index in [0.717, 1.165) is 41.3 Å². The fraction of sp³-hybridized carbons (Fsp3) is 0.526. The van der Waals surface area contributed by atoms with Gasteiger partial charge >= 0.3 is 0 Å². The maximum atomic E-state index is 5.93. The first-order valence-corrected chi connectivity index (χ1v) is 8.81. The van der Waals surface area contributed by atoms with Crippen LogP contribution in [0.25, 0.3) is 11.0 Å². The van der Waals surface area contributed by atoms with E-state index in [1.807, 2.05) is 18.2 Å². The molecule has 144 valence electrons. The minimum Gasteiger partial charge on any atom is -0.459 e. The lowest BCUT2D eigenvalue weighted by Crippen LogP contribution is -2.44. The molecule has 2 atom stereocenters. The van der Waals surface area contributed by atoms with E-state index in [9.17, 15) is 0 Å². The largest absolute Gasteiger partial charge is 0.459 e. The lowest BCUT2D eigenvalue weighted by Gasteiger charge is -2.19. The monoisotopic (exact) mass is 473 g/mol. The standard InChI is InChI=1S/C19H27N3O3.HI/c1-13(11-24-15-8-9-23-12-15)22-19(20-3)21-10-18-14(2)16-6-4-5-7-17(16)25-18;/h4-7,13,15H,8-12H2,1-3H3,(H2,20,21,22);1H. The normalized spacial score (nSPS) is 18.6. The molecule has 1 fully saturated rings. The van der Waals surface area contributed by atoms with Crippen molar-refractivity contribution in [2.24, 2.45) is 4.99 Å². The first kappa shape index (κ1) is 21.0. The van der Waals surface area contributed by atoms with Crippen LogP contribution in [0, 0.1) is 6.92 Å². The van der Waals surface area contributed by atoms with Gasteiger partial charge in [-0.2, -0.15) is 0 Å². The van der Waals surface area contributed by atoms with Crippen molar-refractivity contribution in [1.29, 1.82) is 0 Å². The van der Waals surface area contributed by atoms with Crippen LogP contribution in [-0.4, -0.2) is 45.0 Å². The van der Waals surface area contributed by atoms with Crippen molar-refractivity contribution in [3.05, 3.63) is 35.6 Å². The maximum Gasteiger partial charge on any atom is 0.191 e. The Kier molecular flexibility index (Phi) is 8.17. The lowest BCUT2D eigenvalue weighted by atomic mass is 10.1. The van der Waals surface area contributed by atoms with Crippen LogP contribution < -0.4 is 10.6 Å². The molecular weight excluding hydrogens is 445 g/mol. The minimum atomic E-state index is 0. The minimum absolute atomic E-state index is 0. The fourth-order valence-electron chi connectivity index (χ4n) is 2.95. The average molecular weight is 473 g/mol. The van der Waals surface area contributed by atoms with Gasteiger partial charge in [-0.3, -0.25) is 4.99 Å². The van der Waals surface area contributed by atoms with Crippen LogP contribution in [0.3, 0.4) is 0 Å². The van der Waals surface area contributed by atoms with Crippen molar-refractivity contribution in [3.63, 3.8) is 0 Å². The summed E-state index contributed by atoms with van der Waals surface area (Å²) in [6, 6.07) is 8.24. The number of ether oxygens (including phenoxy) is 2. The number of nitrogens with zero attached hydrogens (tertiary/aromatic N) is 1. The van der Waals surface area contributed by atoms with Gasteiger partial charge < -0.3 is 24.5 Å². The van der Waals surface area contributed by atoms with Gasteiger partial charge in [0.05, 0.1) is 25.9 Å². The van der Waals surface area contributed by atoms with E-state index in [2.05, 4.69) is 35.5 Å². The summed E-state index contributed by atoms with van der Waals surface area (Å²) in [5, 5.41) is 7.81. The zero-order valence-electron chi connectivity index (χ0n) is 15.6. The molecule has 7 heteroatoms. The highest BCUT2D eigenvalue weighted by Crippen LogP contribution is 2.24. The zero-order chi connectivity index (χ0) is 17.6. The molecule has 26 heavy (non-hydrogen) atoms. The second kappa shape index (κ2) is 10.1. The topological polar surface area (TPSA) is 68.0 Å². The summed E-state index contributed by atoms with van der Waals surface area (Å²) in [6.07, 6.45) is 1.20. The molecule has 0 spiro atoms. The number of fused-ring (bicyclic) bond motifs is 1. The number of hydrogen-bond acceptors (Lipinski definition) is 4. The van der Waals surface area contributed by atoms with E-state index < -0.39 is 0 Å². The molecule has 1 aliphatic heterocycles. The number of para-hydroxylation sites is 1. The molecule has 3 rings (SSSR count). The summed E-state index contributed by atoms with van der Waals surface area (Å²) in [5.41, 5.74) is 2.08. The Hall–Kier alpha value is -1.32. The molecule has 0 amide bonds. The van der Waals surface area contributed by atoms with E-state index in [-0.39, 0.29) is 36.1 Å². The summed E-state index contributed by atoms with van der Waals surface area (Å²) >= 11 is 0. The van der Waals surface area contributed by atoms with Gasteiger partial charge in [-0.15, -0.1) is 24.0 Å². The quantitative estimate of drug-likeness (QED) is 0.383. The molecule has 2 heterocycles. The number of aryl methyl sites for hydroxylation is 1. The SMILES string of the molecule is CN=C(NCc1oc2ccccc2c1C)NC(C)COC1CCOC1.I. The van der Waals surface area contributed by atoms with E-state index >= 15 is 0 Å². The van der Waals surface area contributed by atoms with Crippen LogP contribution in [0.1, 0.15) is 24.7 Å². The Morgan fingerprint density at radius 3 is 2.88 bits per heavy atom. The number of guanidine groups is 1. The smallest absolute Gasteiger partial charge is 0.191 e. The Balaban J connectivity index is 0.00000243. The number of halogens is 1. The van der Waals surface area contributed by atoms with Crippen LogP contribution in [0.5, 0.6) is 0 Å². The summed E-state index contributed by atoms with van der Waals surface area (Å²) in [6.45, 7) is 6.87. The number of rotatable bonds is 6. The first-order chi connectivity index (χ1) is 12.2. The lowest BCUT2D eigenvalue weighted by molar-refractivity contribution is 0.0347. The van der Waals surface area contributed by atoms with Gasteiger partial charge in [0.15, 0.2) is 5.96 Å². The van der Waals surface area contributed by atoms with Crippen molar-refractivity contribution in [1.82, 2.24) is 10.6 Å². The highest BCUT2D eigenvalue weighted by Gasteiger charge is 2.17. The second-order valence-corrected chi connectivity index (χ2v) is 6.44. The van der Waals surface area contributed by atoms with Crippen molar-refractivity contribution < 1.29 is 13.9 Å². The Morgan fingerprint density at radius 2 is 2.19 bits per heavy atom. The van der Waals surface area contributed by atoms with E-state index in [1.54, 1.807) is 7.05 Å². The molecule has 0 aliphatic carbocycles. The molecule has 2 N–H and O–H groups in total. The number of furan rings is 1. The average Bonchev–Trinajstić information content (AvgIpc) is 3.25. The van der Waals surface area contributed by atoms with Crippen LogP contribution in [0.4, 0.5) is 0 Å². The van der Waals surface area contributed by atoms with Gasteiger partial charge in [0.1, 0.15) is 11.3 Å². The third-order valence-electron chi connectivity index (χ3n) is 4.44. The molecule has 0 radical (unpaired) electrons. The molecule has 1 aromatic carbocycles. The third kappa shape index (κ3) is 5.34. The molecule has 2 unspecified atom stereocenters. The zero-order valence-corrected chi connectivity index (χ0v) is 17.9. The molecule has 6 nitrogen and oxygen atoms in total. The second-order valence-electron chi connectivity index (χ2n) is 6.44. The van der Waals surface area contributed by atoms with Crippen molar-refractivity contribution in [2.75, 3.05) is 26.9 Å². The molecule has 0 saturated carbocycles. The first-order valence-electron chi connectivity index (χ1n) is 8.81. The van der Waals surface area contributed by atoms with Crippen molar-refractivity contribution in [2.45, 2.75) is 39.0 Å². The number of aliphatic imine (C=N–C) groups is 1. The van der Waals surface area contributed by atoms with E-state index in [4.69, 9.17) is 13.9 Å². The Bertz CT molecular complexity index is 726. The third-order valence-corrected chi connectivity index (χ3v) is 4.44. The van der Waals surface area contributed by atoms with Crippen LogP contribution in [0.15, 0.2) is 33.7 Å². The summed E-state index contributed by atoms with van der Waals surface area (Å²) in [5.74, 6) is 1.66. The van der Waals surface area contributed by atoms with Crippen LogP contribution in [-0.2, 0) is 16.0 Å². The van der Waals surface area contributed by atoms with Crippen LogP contribution >= 0.6 is 24.0 Å².